The van der Waals surface area contributed by atoms with E-state index in [2.05, 4.69) is 5.32 Å². The van der Waals surface area contributed by atoms with Crippen molar-refractivity contribution in [1.29, 1.82) is 0 Å². The molecular weight excluding hydrogens is 407 g/mol. The number of nitrogens with zero attached hydrogens (tertiary/aromatic N) is 1. The fourth-order valence-corrected chi connectivity index (χ4v) is 5.53. The van der Waals surface area contributed by atoms with Crippen LogP contribution in [0.4, 0.5) is 10.1 Å². The highest BCUT2D eigenvalue weighted by atomic mass is 32.2. The molecule has 1 aliphatic heterocycles. The lowest BCUT2D eigenvalue weighted by Crippen LogP contribution is -2.42. The van der Waals surface area contributed by atoms with E-state index in [1.54, 1.807) is 6.92 Å². The summed E-state index contributed by atoms with van der Waals surface area (Å²) in [6.07, 6.45) is 0.993. The van der Waals surface area contributed by atoms with Gasteiger partial charge in [-0.1, -0.05) is 19.9 Å². The lowest BCUT2D eigenvalue weighted by atomic mass is 9.94. The van der Waals surface area contributed by atoms with Gasteiger partial charge in [-0.3, -0.25) is 4.79 Å². The molecule has 6 nitrogen and oxygen atoms in total. The molecular formula is C22H27FN2O4S. The van der Waals surface area contributed by atoms with Gasteiger partial charge in [0.05, 0.1) is 11.5 Å². The SMILES string of the molecule is CCOc1ccc(NC(=O)c2cccc(S(=O)(=O)N3CC(C)CC(C)C3)c2)cc1F. The van der Waals surface area contributed by atoms with Gasteiger partial charge in [-0.25, -0.2) is 12.8 Å². The highest BCUT2D eigenvalue weighted by Gasteiger charge is 2.32. The molecule has 0 bridgehead atoms. The van der Waals surface area contributed by atoms with E-state index in [0.717, 1.165) is 6.42 Å². The summed E-state index contributed by atoms with van der Waals surface area (Å²) in [6.45, 7) is 7.10. The zero-order valence-corrected chi connectivity index (χ0v) is 18.2. The maximum atomic E-state index is 14.0. The summed E-state index contributed by atoms with van der Waals surface area (Å²) in [4.78, 5) is 12.7. The first-order valence-corrected chi connectivity index (χ1v) is 11.5. The second kappa shape index (κ2) is 9.14. The van der Waals surface area contributed by atoms with Crippen LogP contribution in [0.5, 0.6) is 5.75 Å². The summed E-state index contributed by atoms with van der Waals surface area (Å²) in [5, 5.41) is 2.60. The zero-order valence-electron chi connectivity index (χ0n) is 17.4. The highest BCUT2D eigenvalue weighted by Crippen LogP contribution is 2.27. The van der Waals surface area contributed by atoms with Crippen LogP contribution in [0.2, 0.25) is 0 Å². The summed E-state index contributed by atoms with van der Waals surface area (Å²) in [7, 11) is -3.70. The molecule has 1 amide bonds. The fourth-order valence-electron chi connectivity index (χ4n) is 3.80. The molecule has 1 saturated heterocycles. The Labute approximate surface area is 177 Å². The van der Waals surface area contributed by atoms with Crippen LogP contribution >= 0.6 is 0 Å². The number of ether oxygens (including phenoxy) is 1. The number of carbonyl (C=O) groups is 1. The highest BCUT2D eigenvalue weighted by molar-refractivity contribution is 7.89. The second-order valence-electron chi connectivity index (χ2n) is 7.83. The molecule has 0 saturated carbocycles. The molecule has 0 spiro atoms. The number of carbonyl (C=O) groups excluding carboxylic acids is 1. The predicted molar refractivity (Wildman–Crippen MR) is 114 cm³/mol. The molecule has 0 radical (unpaired) electrons. The topological polar surface area (TPSA) is 75.7 Å². The van der Waals surface area contributed by atoms with Crippen molar-refractivity contribution in [3.8, 4) is 5.75 Å². The van der Waals surface area contributed by atoms with Crippen LogP contribution in [-0.4, -0.2) is 38.3 Å². The second-order valence-corrected chi connectivity index (χ2v) is 9.77. The van der Waals surface area contributed by atoms with Crippen molar-refractivity contribution < 1.29 is 22.3 Å². The molecule has 2 unspecified atom stereocenters. The number of amides is 1. The van der Waals surface area contributed by atoms with Crippen LogP contribution in [0.25, 0.3) is 0 Å². The molecule has 8 heteroatoms. The standard InChI is InChI=1S/C22H27FN2O4S/c1-4-29-21-9-8-18(12-20(21)23)24-22(26)17-6-5-7-19(11-17)30(27,28)25-13-15(2)10-16(3)14-25/h5-9,11-12,15-16H,4,10,13-14H2,1-3H3,(H,24,26). The average molecular weight is 435 g/mol. The van der Waals surface area contributed by atoms with E-state index in [-0.39, 0.29) is 33.7 Å². The third-order valence-electron chi connectivity index (χ3n) is 5.06. The molecule has 3 rings (SSSR count). The van der Waals surface area contributed by atoms with Gasteiger partial charge in [-0.05, 0) is 55.5 Å². The van der Waals surface area contributed by atoms with Crippen molar-refractivity contribution >= 4 is 21.6 Å². The van der Waals surface area contributed by atoms with Crippen molar-refractivity contribution in [2.24, 2.45) is 11.8 Å². The average Bonchev–Trinajstić information content (AvgIpc) is 2.69. The van der Waals surface area contributed by atoms with Gasteiger partial charge in [-0.2, -0.15) is 4.31 Å². The number of rotatable bonds is 6. The summed E-state index contributed by atoms with van der Waals surface area (Å²) in [5.41, 5.74) is 0.441. The summed E-state index contributed by atoms with van der Waals surface area (Å²) < 4.78 is 46.8. The first-order chi connectivity index (χ1) is 14.2. The molecule has 0 aromatic heterocycles. The molecule has 2 aromatic rings. The van der Waals surface area contributed by atoms with Crippen LogP contribution in [0.1, 0.15) is 37.6 Å². The Balaban J connectivity index is 1.79. The Bertz CT molecular complexity index is 1020. The Kier molecular flexibility index (Phi) is 6.77. The number of piperidine rings is 1. The number of hydrogen-bond acceptors (Lipinski definition) is 4. The molecule has 1 fully saturated rings. The van der Waals surface area contributed by atoms with Crippen molar-refractivity contribution in [2.45, 2.75) is 32.1 Å². The maximum Gasteiger partial charge on any atom is 0.255 e. The minimum atomic E-state index is -3.70. The normalized spacial score (nSPS) is 20.0. The van der Waals surface area contributed by atoms with Crippen LogP contribution in [0.3, 0.4) is 0 Å². The Morgan fingerprint density at radius 3 is 2.50 bits per heavy atom. The molecule has 2 aromatic carbocycles. The smallest absolute Gasteiger partial charge is 0.255 e. The van der Waals surface area contributed by atoms with Gasteiger partial charge in [0.15, 0.2) is 11.6 Å². The van der Waals surface area contributed by atoms with Gasteiger partial charge in [0.1, 0.15) is 0 Å². The minimum Gasteiger partial charge on any atom is -0.491 e. The molecule has 1 N–H and O–H groups in total. The summed E-state index contributed by atoms with van der Waals surface area (Å²) in [6, 6.07) is 10.1. The molecule has 162 valence electrons. The van der Waals surface area contributed by atoms with Crippen molar-refractivity contribution in [3.63, 3.8) is 0 Å². The molecule has 1 aliphatic rings. The van der Waals surface area contributed by atoms with Crippen molar-refractivity contribution in [3.05, 3.63) is 53.8 Å². The van der Waals surface area contributed by atoms with E-state index < -0.39 is 21.7 Å². The number of benzene rings is 2. The number of nitrogens with one attached hydrogen (secondary N) is 1. The van der Waals surface area contributed by atoms with Crippen LogP contribution in [-0.2, 0) is 10.0 Å². The monoisotopic (exact) mass is 434 g/mol. The van der Waals surface area contributed by atoms with Crippen molar-refractivity contribution in [2.75, 3.05) is 25.0 Å². The minimum absolute atomic E-state index is 0.0781. The van der Waals surface area contributed by atoms with Gasteiger partial charge in [-0.15, -0.1) is 0 Å². The molecule has 1 heterocycles. The first kappa shape index (κ1) is 22.2. The number of halogens is 1. The first-order valence-electron chi connectivity index (χ1n) is 10.0. The van der Waals surface area contributed by atoms with E-state index in [1.165, 1.54) is 46.8 Å². The number of anilines is 1. The lowest BCUT2D eigenvalue weighted by Gasteiger charge is -2.34. The van der Waals surface area contributed by atoms with E-state index in [4.69, 9.17) is 4.74 Å². The van der Waals surface area contributed by atoms with Gasteiger partial charge in [0, 0.05) is 30.4 Å². The molecule has 2 atom stereocenters. The fraction of sp³-hybridized carbons (Fsp3) is 0.409. The van der Waals surface area contributed by atoms with Crippen LogP contribution in [0.15, 0.2) is 47.4 Å². The third-order valence-corrected chi connectivity index (χ3v) is 6.89. The van der Waals surface area contributed by atoms with E-state index >= 15 is 0 Å². The van der Waals surface area contributed by atoms with Crippen molar-refractivity contribution in [1.82, 2.24) is 4.31 Å². The van der Waals surface area contributed by atoms with Gasteiger partial charge in [0.2, 0.25) is 10.0 Å². The van der Waals surface area contributed by atoms with Crippen LogP contribution in [0, 0.1) is 17.7 Å². The maximum absolute atomic E-state index is 14.0. The van der Waals surface area contributed by atoms with Gasteiger partial charge < -0.3 is 10.1 Å². The third kappa shape index (κ3) is 4.99. The lowest BCUT2D eigenvalue weighted by molar-refractivity contribution is 0.102. The summed E-state index contributed by atoms with van der Waals surface area (Å²) >= 11 is 0. The van der Waals surface area contributed by atoms with E-state index in [0.29, 0.717) is 19.7 Å². The largest absolute Gasteiger partial charge is 0.491 e. The molecule has 0 aliphatic carbocycles. The van der Waals surface area contributed by atoms with E-state index in [9.17, 15) is 17.6 Å². The Morgan fingerprint density at radius 2 is 1.87 bits per heavy atom. The summed E-state index contributed by atoms with van der Waals surface area (Å²) in [5.74, 6) is -0.432. The van der Waals surface area contributed by atoms with Crippen LogP contribution < -0.4 is 10.1 Å². The number of hydrogen-bond donors (Lipinski definition) is 1. The predicted octanol–water partition coefficient (Wildman–Crippen LogP) is 4.14. The van der Waals surface area contributed by atoms with Gasteiger partial charge in [0.25, 0.3) is 5.91 Å². The Hall–Kier alpha value is -2.45. The van der Waals surface area contributed by atoms with Gasteiger partial charge >= 0.3 is 0 Å². The zero-order chi connectivity index (χ0) is 21.9. The van der Waals surface area contributed by atoms with E-state index in [1.807, 2.05) is 13.8 Å². The quantitative estimate of drug-likeness (QED) is 0.741. The molecule has 30 heavy (non-hydrogen) atoms. The number of sulfonamides is 1. The Morgan fingerprint density at radius 1 is 1.17 bits per heavy atom.